The predicted molar refractivity (Wildman–Crippen MR) is 93.2 cm³/mol. The fraction of sp³-hybridized carbons (Fsp3) is 0.250. The second-order valence-corrected chi connectivity index (χ2v) is 8.42. The van der Waals surface area contributed by atoms with Crippen molar-refractivity contribution >= 4 is 31.6 Å². The van der Waals surface area contributed by atoms with Gasteiger partial charge in [0, 0.05) is 16.1 Å². The summed E-state index contributed by atoms with van der Waals surface area (Å²) in [6, 6.07) is 11.6. The Kier molecular flexibility index (Phi) is 4.23. The lowest BCUT2D eigenvalue weighted by atomic mass is 10.1. The van der Waals surface area contributed by atoms with Crippen molar-refractivity contribution in [1.29, 1.82) is 0 Å². The number of nitrogens with one attached hydrogen (secondary N) is 1. The fourth-order valence-corrected chi connectivity index (χ4v) is 4.72. The SMILES string of the molecule is Cc1c([N+](=O)[O-])cccc1S(=O)(=O)NC1(c2ccc(Br)cc2)CC1. The monoisotopic (exact) mass is 410 g/mol. The van der Waals surface area contributed by atoms with Crippen LogP contribution in [-0.4, -0.2) is 13.3 Å². The minimum Gasteiger partial charge on any atom is -0.258 e. The van der Waals surface area contributed by atoms with Crippen LogP contribution in [0.15, 0.2) is 51.8 Å². The number of nitro groups is 1. The average molecular weight is 411 g/mol. The zero-order chi connectivity index (χ0) is 17.5. The Labute approximate surface area is 148 Å². The van der Waals surface area contributed by atoms with E-state index < -0.39 is 20.5 Å². The van der Waals surface area contributed by atoms with Crippen LogP contribution < -0.4 is 4.72 Å². The number of nitro benzene ring substituents is 1. The first-order valence-electron chi connectivity index (χ1n) is 7.29. The summed E-state index contributed by atoms with van der Waals surface area (Å²) >= 11 is 3.36. The molecule has 0 bridgehead atoms. The van der Waals surface area contributed by atoms with Crippen molar-refractivity contribution in [2.45, 2.75) is 30.2 Å². The smallest absolute Gasteiger partial charge is 0.258 e. The Balaban J connectivity index is 1.97. The summed E-state index contributed by atoms with van der Waals surface area (Å²) < 4.78 is 29.2. The molecule has 3 rings (SSSR count). The van der Waals surface area contributed by atoms with Crippen molar-refractivity contribution < 1.29 is 13.3 Å². The highest BCUT2D eigenvalue weighted by molar-refractivity contribution is 9.10. The Hall–Kier alpha value is -1.77. The topological polar surface area (TPSA) is 89.3 Å². The summed E-state index contributed by atoms with van der Waals surface area (Å²) in [6.45, 7) is 1.45. The lowest BCUT2D eigenvalue weighted by molar-refractivity contribution is -0.385. The summed E-state index contributed by atoms with van der Waals surface area (Å²) in [5.41, 5.74) is 0.196. The van der Waals surface area contributed by atoms with E-state index in [0.29, 0.717) is 12.8 Å². The van der Waals surface area contributed by atoms with Crippen LogP contribution in [0.25, 0.3) is 0 Å². The van der Waals surface area contributed by atoms with E-state index in [1.807, 2.05) is 24.3 Å². The average Bonchev–Trinajstić information content (AvgIpc) is 3.27. The molecule has 0 spiro atoms. The van der Waals surface area contributed by atoms with Gasteiger partial charge in [-0.2, -0.15) is 0 Å². The van der Waals surface area contributed by atoms with E-state index in [-0.39, 0.29) is 16.1 Å². The molecule has 0 aromatic heterocycles. The molecule has 1 aliphatic carbocycles. The molecule has 0 radical (unpaired) electrons. The molecular formula is C16H15BrN2O4S. The molecule has 1 N–H and O–H groups in total. The van der Waals surface area contributed by atoms with Crippen LogP contribution in [0.5, 0.6) is 0 Å². The molecule has 1 aliphatic rings. The van der Waals surface area contributed by atoms with Crippen LogP contribution >= 0.6 is 15.9 Å². The first-order valence-corrected chi connectivity index (χ1v) is 9.57. The first kappa shape index (κ1) is 17.1. The highest BCUT2D eigenvalue weighted by Gasteiger charge is 2.47. The van der Waals surface area contributed by atoms with Gasteiger partial charge in [-0.25, -0.2) is 13.1 Å². The summed E-state index contributed by atoms with van der Waals surface area (Å²) in [4.78, 5) is 10.4. The summed E-state index contributed by atoms with van der Waals surface area (Å²) in [5.74, 6) is 0. The molecule has 0 amide bonds. The third-order valence-corrected chi connectivity index (χ3v) is 6.43. The molecule has 2 aromatic rings. The second-order valence-electron chi connectivity index (χ2n) is 5.85. The maximum absolute atomic E-state index is 12.8. The van der Waals surface area contributed by atoms with Crippen LogP contribution in [0.3, 0.4) is 0 Å². The van der Waals surface area contributed by atoms with E-state index in [0.717, 1.165) is 10.0 Å². The van der Waals surface area contributed by atoms with Crippen molar-refractivity contribution in [1.82, 2.24) is 4.72 Å². The molecule has 24 heavy (non-hydrogen) atoms. The number of nitrogens with zero attached hydrogens (tertiary/aromatic N) is 1. The van der Waals surface area contributed by atoms with Crippen molar-refractivity contribution in [2.24, 2.45) is 0 Å². The number of rotatable bonds is 5. The van der Waals surface area contributed by atoms with Gasteiger partial charge in [0.25, 0.3) is 5.69 Å². The van der Waals surface area contributed by atoms with Crippen LogP contribution in [0.4, 0.5) is 5.69 Å². The zero-order valence-electron chi connectivity index (χ0n) is 12.8. The zero-order valence-corrected chi connectivity index (χ0v) is 15.2. The molecular weight excluding hydrogens is 396 g/mol. The number of sulfonamides is 1. The Morgan fingerprint density at radius 3 is 2.33 bits per heavy atom. The van der Waals surface area contributed by atoms with Crippen molar-refractivity contribution in [3.8, 4) is 0 Å². The van der Waals surface area contributed by atoms with E-state index in [4.69, 9.17) is 0 Å². The Morgan fingerprint density at radius 2 is 1.79 bits per heavy atom. The van der Waals surface area contributed by atoms with Crippen LogP contribution in [-0.2, 0) is 15.6 Å². The van der Waals surface area contributed by atoms with Crippen molar-refractivity contribution in [3.63, 3.8) is 0 Å². The number of halogens is 1. The second kappa shape index (κ2) is 5.94. The van der Waals surface area contributed by atoms with Gasteiger partial charge in [-0.1, -0.05) is 34.1 Å². The van der Waals surface area contributed by atoms with Gasteiger partial charge in [-0.05, 0) is 43.5 Å². The lowest BCUT2D eigenvalue weighted by Crippen LogP contribution is -2.35. The molecule has 0 saturated heterocycles. The first-order chi connectivity index (χ1) is 11.3. The minimum absolute atomic E-state index is 0.0555. The maximum atomic E-state index is 12.8. The molecule has 8 heteroatoms. The quantitative estimate of drug-likeness (QED) is 0.601. The van der Waals surface area contributed by atoms with Gasteiger partial charge in [-0.3, -0.25) is 10.1 Å². The van der Waals surface area contributed by atoms with Crippen LogP contribution in [0.1, 0.15) is 24.0 Å². The van der Waals surface area contributed by atoms with Gasteiger partial charge in [0.15, 0.2) is 0 Å². The molecule has 1 saturated carbocycles. The largest absolute Gasteiger partial charge is 0.273 e. The molecule has 0 unspecified atom stereocenters. The minimum atomic E-state index is -3.87. The van der Waals surface area contributed by atoms with Crippen molar-refractivity contribution in [3.05, 3.63) is 68.2 Å². The summed E-state index contributed by atoms with van der Waals surface area (Å²) in [5, 5.41) is 11.0. The fourth-order valence-electron chi connectivity index (χ4n) is 2.75. The Morgan fingerprint density at radius 1 is 1.17 bits per heavy atom. The summed E-state index contributed by atoms with van der Waals surface area (Å²) in [7, 11) is -3.87. The van der Waals surface area contributed by atoms with Crippen LogP contribution in [0, 0.1) is 17.0 Å². The number of hydrogen-bond acceptors (Lipinski definition) is 4. The maximum Gasteiger partial charge on any atom is 0.273 e. The molecule has 2 aromatic carbocycles. The molecule has 126 valence electrons. The molecule has 1 fully saturated rings. The van der Waals surface area contributed by atoms with E-state index in [1.54, 1.807) is 0 Å². The van der Waals surface area contributed by atoms with E-state index in [9.17, 15) is 18.5 Å². The standard InChI is InChI=1S/C16H15BrN2O4S/c1-11-14(19(20)21)3-2-4-15(11)24(22,23)18-16(9-10-16)12-5-7-13(17)8-6-12/h2-8,18H,9-10H2,1H3. The van der Waals surface area contributed by atoms with Gasteiger partial charge in [0.1, 0.15) is 0 Å². The van der Waals surface area contributed by atoms with E-state index in [1.165, 1.54) is 25.1 Å². The van der Waals surface area contributed by atoms with Crippen molar-refractivity contribution in [2.75, 3.05) is 0 Å². The van der Waals surface area contributed by atoms with Gasteiger partial charge in [-0.15, -0.1) is 0 Å². The molecule has 6 nitrogen and oxygen atoms in total. The molecule has 0 heterocycles. The summed E-state index contributed by atoms with van der Waals surface area (Å²) in [6.07, 6.45) is 1.39. The molecule has 0 aliphatic heterocycles. The van der Waals surface area contributed by atoms with E-state index >= 15 is 0 Å². The number of hydrogen-bond donors (Lipinski definition) is 1. The van der Waals surface area contributed by atoms with Crippen LogP contribution in [0.2, 0.25) is 0 Å². The van der Waals surface area contributed by atoms with Gasteiger partial charge < -0.3 is 0 Å². The predicted octanol–water partition coefficient (Wildman–Crippen LogP) is 3.63. The van der Waals surface area contributed by atoms with Gasteiger partial charge in [0.2, 0.25) is 10.0 Å². The third kappa shape index (κ3) is 3.09. The van der Waals surface area contributed by atoms with E-state index in [2.05, 4.69) is 20.7 Å². The normalized spacial score (nSPS) is 15.9. The molecule has 0 atom stereocenters. The number of benzene rings is 2. The Bertz CT molecular complexity index is 906. The lowest BCUT2D eigenvalue weighted by Gasteiger charge is -2.19. The third-order valence-electron chi connectivity index (χ3n) is 4.22. The van der Waals surface area contributed by atoms with Gasteiger partial charge in [0.05, 0.1) is 15.4 Å². The highest BCUT2D eigenvalue weighted by atomic mass is 79.9. The van der Waals surface area contributed by atoms with Gasteiger partial charge >= 0.3 is 0 Å². The highest BCUT2D eigenvalue weighted by Crippen LogP contribution is 2.47.